The first kappa shape index (κ1) is 24.8. The number of rotatable bonds is 6. The van der Waals surface area contributed by atoms with Gasteiger partial charge in [0, 0.05) is 0 Å². The van der Waals surface area contributed by atoms with Gasteiger partial charge in [-0.2, -0.15) is 0 Å². The van der Waals surface area contributed by atoms with Crippen LogP contribution in [0.1, 0.15) is 71.8 Å². The summed E-state index contributed by atoms with van der Waals surface area (Å²) in [6, 6.07) is 13.4. The number of phenolic OH excluding ortho intramolecular Hbond substituents is 1. The van der Waals surface area contributed by atoms with E-state index < -0.39 is 18.3 Å². The first-order valence-electron chi connectivity index (χ1n) is 13.7. The molecule has 1 heterocycles. The van der Waals surface area contributed by atoms with E-state index in [9.17, 15) is 9.90 Å². The fraction of sp³-hybridized carbons (Fsp3) is 0.567. The molecule has 5 aliphatic rings. The van der Waals surface area contributed by atoms with Crippen LogP contribution >= 0.6 is 0 Å². The van der Waals surface area contributed by atoms with Gasteiger partial charge in [0.05, 0.1) is 16.9 Å². The van der Waals surface area contributed by atoms with Crippen molar-refractivity contribution in [3.05, 3.63) is 48.0 Å². The molecule has 2 aromatic carbocycles. The molecule has 0 radical (unpaired) electrons. The van der Waals surface area contributed by atoms with Gasteiger partial charge in [-0.1, -0.05) is 18.2 Å². The monoisotopic (exact) mass is 503 g/mol. The number of aromatic hydroxyl groups is 1. The average molecular weight is 503 g/mol. The van der Waals surface area contributed by atoms with Crippen molar-refractivity contribution in [1.29, 1.82) is 0 Å². The second-order valence-corrected chi connectivity index (χ2v) is 12.9. The molecule has 4 saturated carbocycles. The third-order valence-electron chi connectivity index (χ3n) is 9.69. The molecule has 196 valence electrons. The highest BCUT2D eigenvalue weighted by atomic mass is 16.7. The Morgan fingerprint density at radius 3 is 2.08 bits per heavy atom. The lowest BCUT2D eigenvalue weighted by atomic mass is 9.48. The van der Waals surface area contributed by atoms with Gasteiger partial charge in [-0.05, 0) is 125 Å². The average Bonchev–Trinajstić information content (AvgIpc) is 3.05. The molecule has 1 aliphatic heterocycles. The van der Waals surface area contributed by atoms with E-state index in [1.54, 1.807) is 18.2 Å². The van der Waals surface area contributed by atoms with Gasteiger partial charge >= 0.3 is 7.12 Å². The van der Waals surface area contributed by atoms with E-state index in [1.165, 1.54) is 44.1 Å². The third-order valence-corrected chi connectivity index (χ3v) is 9.69. The van der Waals surface area contributed by atoms with Crippen molar-refractivity contribution >= 4 is 24.2 Å². The van der Waals surface area contributed by atoms with E-state index in [0.717, 1.165) is 23.2 Å². The molecule has 0 unspecified atom stereocenters. The number of hydrogen-bond donors (Lipinski definition) is 2. The molecule has 2 aromatic rings. The normalized spacial score (nSPS) is 30.9. The summed E-state index contributed by atoms with van der Waals surface area (Å²) in [5.41, 5.74) is 1.87. The highest BCUT2D eigenvalue weighted by Gasteiger charge is 2.52. The smallest absolute Gasteiger partial charge is 0.494 e. The van der Waals surface area contributed by atoms with Gasteiger partial charge in [-0.15, -0.1) is 0 Å². The topological polar surface area (TPSA) is 77.0 Å². The van der Waals surface area contributed by atoms with Crippen LogP contribution in [0.25, 0.3) is 0 Å². The molecule has 4 aliphatic carbocycles. The van der Waals surface area contributed by atoms with Crippen molar-refractivity contribution in [2.24, 2.45) is 17.8 Å². The van der Waals surface area contributed by atoms with Gasteiger partial charge < -0.3 is 24.5 Å². The van der Waals surface area contributed by atoms with E-state index in [4.69, 9.17) is 14.0 Å². The molecule has 7 heteroatoms. The highest BCUT2D eigenvalue weighted by Crippen LogP contribution is 2.60. The number of phenols is 1. The van der Waals surface area contributed by atoms with Gasteiger partial charge in [-0.25, -0.2) is 0 Å². The van der Waals surface area contributed by atoms with Gasteiger partial charge in [0.15, 0.2) is 6.61 Å². The van der Waals surface area contributed by atoms with Gasteiger partial charge in [-0.3, -0.25) is 4.79 Å². The van der Waals surface area contributed by atoms with E-state index in [2.05, 4.69) is 17.4 Å². The molecule has 5 fully saturated rings. The zero-order valence-electron chi connectivity index (χ0n) is 22.4. The summed E-state index contributed by atoms with van der Waals surface area (Å²) >= 11 is 0. The maximum atomic E-state index is 12.7. The van der Waals surface area contributed by atoms with E-state index in [-0.39, 0.29) is 18.3 Å². The SMILES string of the molecule is CC1(C)OB(c2ccc(O)c(NC(=O)COc3ccc(C45CC6CC(CC(C6)C4)C5)cc3)c2)OC1(C)C. The van der Waals surface area contributed by atoms with Crippen molar-refractivity contribution in [3.63, 3.8) is 0 Å². The van der Waals surface area contributed by atoms with Crippen LogP contribution in [-0.2, 0) is 19.5 Å². The van der Waals surface area contributed by atoms with E-state index in [1.807, 2.05) is 39.8 Å². The first-order valence-corrected chi connectivity index (χ1v) is 13.7. The number of nitrogens with one attached hydrogen (secondary N) is 1. The fourth-order valence-electron chi connectivity index (χ4n) is 7.48. The standard InChI is InChI=1S/C30H38BNO5/c1-28(2)29(3,4)37-31(36-28)23-7-10-26(33)25(14-23)32-27(34)18-35-24-8-5-22(6-9-24)30-15-19-11-20(16-30)13-21(12-19)17-30/h5-10,14,19-21,33H,11-13,15-18H2,1-4H3,(H,32,34). The molecule has 7 rings (SSSR count). The summed E-state index contributed by atoms with van der Waals surface area (Å²) in [5, 5.41) is 13.1. The second-order valence-electron chi connectivity index (χ2n) is 12.9. The summed E-state index contributed by atoms with van der Waals surface area (Å²) in [5.74, 6) is 3.04. The van der Waals surface area contributed by atoms with E-state index >= 15 is 0 Å². The summed E-state index contributed by atoms with van der Waals surface area (Å²) in [6.45, 7) is 7.81. The Kier molecular flexibility index (Phi) is 5.88. The maximum absolute atomic E-state index is 12.7. The number of benzene rings is 2. The molecule has 6 nitrogen and oxygen atoms in total. The Morgan fingerprint density at radius 2 is 1.51 bits per heavy atom. The molecule has 1 amide bonds. The number of carbonyl (C=O) groups is 1. The molecule has 2 N–H and O–H groups in total. The lowest BCUT2D eigenvalue weighted by Gasteiger charge is -2.57. The number of carbonyl (C=O) groups excluding carboxylic acids is 1. The summed E-state index contributed by atoms with van der Waals surface area (Å²) in [4.78, 5) is 12.7. The zero-order valence-corrected chi connectivity index (χ0v) is 22.4. The predicted octanol–water partition coefficient (Wildman–Crippen LogP) is 5.18. The quantitative estimate of drug-likeness (QED) is 0.420. The van der Waals surface area contributed by atoms with E-state index in [0.29, 0.717) is 16.9 Å². The predicted molar refractivity (Wildman–Crippen MR) is 144 cm³/mol. The van der Waals surface area contributed by atoms with Crippen LogP contribution in [0.2, 0.25) is 0 Å². The fourth-order valence-corrected chi connectivity index (χ4v) is 7.48. The molecule has 0 spiro atoms. The minimum absolute atomic E-state index is 0.0199. The molecule has 37 heavy (non-hydrogen) atoms. The van der Waals surface area contributed by atoms with Gasteiger partial charge in [0.1, 0.15) is 11.5 Å². The Morgan fingerprint density at radius 1 is 0.946 bits per heavy atom. The highest BCUT2D eigenvalue weighted by molar-refractivity contribution is 6.62. The van der Waals surface area contributed by atoms with Crippen molar-refractivity contribution in [2.45, 2.75) is 82.8 Å². The van der Waals surface area contributed by atoms with Crippen LogP contribution in [0.15, 0.2) is 42.5 Å². The largest absolute Gasteiger partial charge is 0.506 e. The molecule has 4 bridgehead atoms. The molecular formula is C30H38BNO5. The zero-order chi connectivity index (χ0) is 26.0. The Balaban J connectivity index is 1.07. The number of ether oxygens (including phenoxy) is 1. The molecule has 0 aromatic heterocycles. The van der Waals surface area contributed by atoms with Crippen molar-refractivity contribution in [2.75, 3.05) is 11.9 Å². The second kappa shape index (κ2) is 8.77. The molecule has 1 saturated heterocycles. The minimum Gasteiger partial charge on any atom is -0.506 e. The third kappa shape index (κ3) is 4.55. The lowest BCUT2D eigenvalue weighted by molar-refractivity contribution is -0.118. The Bertz CT molecular complexity index is 1140. The summed E-state index contributed by atoms with van der Waals surface area (Å²) in [6.07, 6.45) is 8.29. The number of amides is 1. The Labute approximate surface area is 220 Å². The number of hydrogen-bond acceptors (Lipinski definition) is 5. The summed E-state index contributed by atoms with van der Waals surface area (Å²) < 4.78 is 18.0. The van der Waals surface area contributed by atoms with Gasteiger partial charge in [0.25, 0.3) is 5.91 Å². The van der Waals surface area contributed by atoms with Crippen LogP contribution in [0.4, 0.5) is 5.69 Å². The van der Waals surface area contributed by atoms with Crippen molar-refractivity contribution in [3.8, 4) is 11.5 Å². The lowest BCUT2D eigenvalue weighted by Crippen LogP contribution is -2.48. The summed E-state index contributed by atoms with van der Waals surface area (Å²) in [7, 11) is -0.579. The first-order chi connectivity index (χ1) is 17.5. The van der Waals surface area contributed by atoms with Crippen LogP contribution in [0.5, 0.6) is 11.5 Å². The van der Waals surface area contributed by atoms with Crippen molar-refractivity contribution in [1.82, 2.24) is 0 Å². The molecular weight excluding hydrogens is 465 g/mol. The van der Waals surface area contributed by atoms with Crippen LogP contribution in [0.3, 0.4) is 0 Å². The van der Waals surface area contributed by atoms with Gasteiger partial charge in [0.2, 0.25) is 0 Å². The number of anilines is 1. The van der Waals surface area contributed by atoms with Crippen LogP contribution < -0.4 is 15.5 Å². The van der Waals surface area contributed by atoms with Crippen molar-refractivity contribution < 1.29 is 23.9 Å². The van der Waals surface area contributed by atoms with Crippen LogP contribution in [-0.4, -0.2) is 35.9 Å². The molecule has 0 atom stereocenters. The minimum atomic E-state index is -0.579. The Hall–Kier alpha value is -2.51. The maximum Gasteiger partial charge on any atom is 0.494 e. The van der Waals surface area contributed by atoms with Crippen LogP contribution in [0, 0.1) is 17.8 Å².